The molecule has 1 rings (SSSR count). The Balaban J connectivity index is 2.82. The topological polar surface area (TPSA) is 56.7 Å². The molecule has 86 valence electrons. The number of thioether (sulfide) groups is 1. The molecule has 0 bridgehead atoms. The summed E-state index contributed by atoms with van der Waals surface area (Å²) >= 11 is 1.75. The molecule has 0 aliphatic carbocycles. The summed E-state index contributed by atoms with van der Waals surface area (Å²) in [5, 5.41) is 9.26. The highest BCUT2D eigenvalue weighted by molar-refractivity contribution is 7.99. The van der Waals surface area contributed by atoms with E-state index in [1.807, 2.05) is 0 Å². The third kappa shape index (κ3) is 3.21. The molecule has 0 saturated carbocycles. The molecular weight excluding hydrogens is 208 g/mol. The van der Waals surface area contributed by atoms with E-state index in [4.69, 9.17) is 5.73 Å². The summed E-state index contributed by atoms with van der Waals surface area (Å²) < 4.78 is 2.12. The Morgan fingerprint density at radius 2 is 1.93 bits per heavy atom. The van der Waals surface area contributed by atoms with Crippen molar-refractivity contribution in [2.24, 2.45) is 11.7 Å². The Hall–Kier alpha value is -0.550. The smallest absolute Gasteiger partial charge is 0.191 e. The lowest BCUT2D eigenvalue weighted by atomic mass is 10.3. The predicted molar refractivity (Wildman–Crippen MR) is 63.9 cm³/mol. The van der Waals surface area contributed by atoms with Crippen molar-refractivity contribution in [1.82, 2.24) is 14.8 Å². The van der Waals surface area contributed by atoms with Gasteiger partial charge in [0.2, 0.25) is 0 Å². The van der Waals surface area contributed by atoms with E-state index < -0.39 is 0 Å². The molecule has 15 heavy (non-hydrogen) atoms. The normalized spacial score (nSPS) is 11.7. The Kier molecular flexibility index (Phi) is 4.60. The maximum atomic E-state index is 5.63. The second-order valence-electron chi connectivity index (χ2n) is 4.27. The lowest BCUT2D eigenvalue weighted by molar-refractivity contribution is 0.525. The minimum absolute atomic E-state index is 0.369. The summed E-state index contributed by atoms with van der Waals surface area (Å²) in [5.41, 5.74) is 5.63. The van der Waals surface area contributed by atoms with Crippen molar-refractivity contribution in [2.45, 2.75) is 45.4 Å². The van der Waals surface area contributed by atoms with Crippen LogP contribution in [-0.4, -0.2) is 20.5 Å². The third-order valence-corrected chi connectivity index (χ3v) is 3.35. The number of nitrogens with zero attached hydrogens (tertiary/aromatic N) is 3. The molecule has 0 aromatic carbocycles. The van der Waals surface area contributed by atoms with Crippen molar-refractivity contribution in [2.75, 3.05) is 5.75 Å². The number of aromatic nitrogens is 3. The van der Waals surface area contributed by atoms with Gasteiger partial charge in [0.25, 0.3) is 0 Å². The second-order valence-corrected chi connectivity index (χ2v) is 5.26. The van der Waals surface area contributed by atoms with E-state index in [0.717, 1.165) is 16.7 Å². The first kappa shape index (κ1) is 12.5. The van der Waals surface area contributed by atoms with Crippen molar-refractivity contribution in [3.8, 4) is 0 Å². The van der Waals surface area contributed by atoms with E-state index in [0.29, 0.717) is 18.5 Å². The molecule has 0 atom stereocenters. The molecular formula is C10H20N4S. The lowest BCUT2D eigenvalue weighted by Crippen LogP contribution is -2.11. The van der Waals surface area contributed by atoms with Crippen molar-refractivity contribution in [1.29, 1.82) is 0 Å². The van der Waals surface area contributed by atoms with Gasteiger partial charge in [-0.3, -0.25) is 0 Å². The van der Waals surface area contributed by atoms with Gasteiger partial charge in [0.15, 0.2) is 5.16 Å². The zero-order chi connectivity index (χ0) is 11.4. The van der Waals surface area contributed by atoms with E-state index in [9.17, 15) is 0 Å². The van der Waals surface area contributed by atoms with Crippen LogP contribution in [-0.2, 0) is 6.54 Å². The molecule has 0 amide bonds. The van der Waals surface area contributed by atoms with Crippen molar-refractivity contribution >= 4 is 11.8 Å². The summed E-state index contributed by atoms with van der Waals surface area (Å²) in [6.45, 7) is 9.11. The fourth-order valence-electron chi connectivity index (χ4n) is 1.30. The van der Waals surface area contributed by atoms with E-state index in [2.05, 4.69) is 42.5 Å². The number of hydrogen-bond acceptors (Lipinski definition) is 4. The summed E-state index contributed by atoms with van der Waals surface area (Å²) in [7, 11) is 0. The van der Waals surface area contributed by atoms with Gasteiger partial charge < -0.3 is 10.3 Å². The number of hydrogen-bond donors (Lipinski definition) is 1. The van der Waals surface area contributed by atoms with Crippen LogP contribution < -0.4 is 5.73 Å². The molecule has 1 aromatic heterocycles. The Morgan fingerprint density at radius 1 is 1.27 bits per heavy atom. The highest BCUT2D eigenvalue weighted by atomic mass is 32.2. The molecule has 5 heteroatoms. The Morgan fingerprint density at radius 3 is 2.40 bits per heavy atom. The minimum Gasteiger partial charge on any atom is -0.324 e. The van der Waals surface area contributed by atoms with Crippen LogP contribution in [0.1, 0.15) is 39.6 Å². The van der Waals surface area contributed by atoms with Crippen molar-refractivity contribution < 1.29 is 0 Å². The highest BCUT2D eigenvalue weighted by Gasteiger charge is 2.14. The summed E-state index contributed by atoms with van der Waals surface area (Å²) in [5.74, 6) is 2.60. The van der Waals surface area contributed by atoms with Crippen LogP contribution >= 0.6 is 11.8 Å². The van der Waals surface area contributed by atoms with Crippen LogP contribution in [0.5, 0.6) is 0 Å². The van der Waals surface area contributed by atoms with Gasteiger partial charge in [0.05, 0.1) is 6.54 Å². The molecule has 0 saturated heterocycles. The first-order valence-electron chi connectivity index (χ1n) is 5.32. The van der Waals surface area contributed by atoms with Crippen LogP contribution in [0.25, 0.3) is 0 Å². The Labute approximate surface area is 95.6 Å². The van der Waals surface area contributed by atoms with E-state index in [-0.39, 0.29) is 0 Å². The predicted octanol–water partition coefficient (Wildman–Crippen LogP) is 2.07. The quantitative estimate of drug-likeness (QED) is 0.784. The first-order valence-corrected chi connectivity index (χ1v) is 6.31. The average Bonchev–Trinajstić information content (AvgIpc) is 2.57. The van der Waals surface area contributed by atoms with Gasteiger partial charge in [-0.25, -0.2) is 0 Å². The Bertz CT molecular complexity index is 306. The summed E-state index contributed by atoms with van der Waals surface area (Å²) in [6.07, 6.45) is 0. The largest absolute Gasteiger partial charge is 0.324 e. The maximum Gasteiger partial charge on any atom is 0.191 e. The average molecular weight is 228 g/mol. The minimum atomic E-state index is 0.369. The molecule has 4 nitrogen and oxygen atoms in total. The molecule has 1 heterocycles. The SMILES string of the molecule is CC(C)CSc1nnc(CN)n1C(C)C. The van der Waals surface area contributed by atoms with Crippen LogP contribution in [0, 0.1) is 5.92 Å². The van der Waals surface area contributed by atoms with E-state index >= 15 is 0 Å². The molecule has 0 spiro atoms. The highest BCUT2D eigenvalue weighted by Crippen LogP contribution is 2.22. The lowest BCUT2D eigenvalue weighted by Gasteiger charge is -2.13. The molecule has 0 unspecified atom stereocenters. The van der Waals surface area contributed by atoms with Gasteiger partial charge >= 0.3 is 0 Å². The molecule has 0 aliphatic rings. The molecule has 0 aliphatic heterocycles. The summed E-state index contributed by atoms with van der Waals surface area (Å²) in [4.78, 5) is 0. The van der Waals surface area contributed by atoms with Crippen molar-refractivity contribution in [3.05, 3.63) is 5.82 Å². The van der Waals surface area contributed by atoms with Gasteiger partial charge in [-0.15, -0.1) is 10.2 Å². The fourth-order valence-corrected chi connectivity index (χ4v) is 2.34. The third-order valence-electron chi connectivity index (χ3n) is 1.98. The van der Waals surface area contributed by atoms with E-state index in [1.165, 1.54) is 0 Å². The van der Waals surface area contributed by atoms with Gasteiger partial charge in [0.1, 0.15) is 5.82 Å². The van der Waals surface area contributed by atoms with Crippen LogP contribution in [0.15, 0.2) is 5.16 Å². The molecule has 0 radical (unpaired) electrons. The van der Waals surface area contributed by atoms with Crippen molar-refractivity contribution in [3.63, 3.8) is 0 Å². The second kappa shape index (κ2) is 5.51. The fraction of sp³-hybridized carbons (Fsp3) is 0.800. The zero-order valence-corrected chi connectivity index (χ0v) is 10.7. The monoisotopic (exact) mass is 228 g/mol. The van der Waals surface area contributed by atoms with Crippen LogP contribution in [0.2, 0.25) is 0 Å². The number of nitrogens with two attached hydrogens (primary N) is 1. The zero-order valence-electron chi connectivity index (χ0n) is 9.90. The molecule has 1 aromatic rings. The maximum absolute atomic E-state index is 5.63. The standard InChI is InChI=1S/C10H20N4S/c1-7(2)6-15-10-13-12-9(5-11)14(10)8(3)4/h7-8H,5-6,11H2,1-4H3. The van der Waals surface area contributed by atoms with Gasteiger partial charge in [-0.2, -0.15) is 0 Å². The van der Waals surface area contributed by atoms with Gasteiger partial charge in [0, 0.05) is 11.8 Å². The van der Waals surface area contributed by atoms with Gasteiger partial charge in [-0.05, 0) is 19.8 Å². The molecule has 2 N–H and O–H groups in total. The first-order chi connectivity index (χ1) is 7.06. The summed E-state index contributed by atoms with van der Waals surface area (Å²) in [6, 6.07) is 0.369. The van der Waals surface area contributed by atoms with Crippen LogP contribution in [0.4, 0.5) is 0 Å². The number of rotatable bonds is 5. The van der Waals surface area contributed by atoms with E-state index in [1.54, 1.807) is 11.8 Å². The molecule has 0 fully saturated rings. The van der Waals surface area contributed by atoms with Crippen LogP contribution in [0.3, 0.4) is 0 Å². The van der Waals surface area contributed by atoms with Gasteiger partial charge in [-0.1, -0.05) is 25.6 Å².